The van der Waals surface area contributed by atoms with E-state index < -0.39 is 0 Å². The van der Waals surface area contributed by atoms with Crippen molar-refractivity contribution < 1.29 is 18.7 Å². The number of aromatic nitrogens is 1. The summed E-state index contributed by atoms with van der Waals surface area (Å²) in [5, 5.41) is 0. The average Bonchev–Trinajstić information content (AvgIpc) is 3.33. The van der Waals surface area contributed by atoms with Crippen molar-refractivity contribution >= 4 is 5.97 Å². The van der Waals surface area contributed by atoms with Crippen LogP contribution in [0.25, 0.3) is 34.0 Å². The predicted molar refractivity (Wildman–Crippen MR) is 143 cm³/mol. The Hall–Kier alpha value is -3.86. The van der Waals surface area contributed by atoms with Gasteiger partial charge in [0.05, 0.1) is 13.2 Å². The molecule has 0 saturated carbocycles. The lowest BCUT2D eigenvalue weighted by molar-refractivity contribution is -0.143. The van der Waals surface area contributed by atoms with Crippen LogP contribution in [0.3, 0.4) is 0 Å². The molecule has 0 spiro atoms. The first-order valence-electron chi connectivity index (χ1n) is 12.6. The van der Waals surface area contributed by atoms with E-state index in [-0.39, 0.29) is 5.97 Å². The number of oxazole rings is 1. The number of hydrogen-bond acceptors (Lipinski definition) is 5. The van der Waals surface area contributed by atoms with Gasteiger partial charge in [0.1, 0.15) is 11.4 Å². The molecule has 0 amide bonds. The van der Waals surface area contributed by atoms with Crippen LogP contribution in [0.5, 0.6) is 5.75 Å². The topological polar surface area (TPSA) is 61.6 Å². The quantitative estimate of drug-likeness (QED) is 0.161. The van der Waals surface area contributed by atoms with Crippen LogP contribution in [-0.4, -0.2) is 24.2 Å². The monoisotopic (exact) mass is 483 g/mol. The summed E-state index contributed by atoms with van der Waals surface area (Å²) in [6.45, 7) is 7.02. The van der Waals surface area contributed by atoms with Crippen LogP contribution in [0.15, 0.2) is 77.2 Å². The van der Waals surface area contributed by atoms with Gasteiger partial charge in [0.2, 0.25) is 5.89 Å². The smallest absolute Gasteiger partial charge is 0.305 e. The van der Waals surface area contributed by atoms with Crippen LogP contribution in [0, 0.1) is 13.8 Å². The molecule has 0 N–H and O–H groups in total. The summed E-state index contributed by atoms with van der Waals surface area (Å²) in [7, 11) is 0. The maximum Gasteiger partial charge on any atom is 0.305 e. The minimum absolute atomic E-state index is 0.128. The molecular weight excluding hydrogens is 450 g/mol. The van der Waals surface area contributed by atoms with E-state index in [1.165, 1.54) is 11.1 Å². The van der Waals surface area contributed by atoms with Crippen LogP contribution in [0.2, 0.25) is 0 Å². The summed E-state index contributed by atoms with van der Waals surface area (Å²) in [4.78, 5) is 16.3. The minimum atomic E-state index is -0.128. The van der Waals surface area contributed by atoms with E-state index in [1.54, 1.807) is 0 Å². The molecular formula is C31H33NO4. The fourth-order valence-electron chi connectivity index (χ4n) is 3.92. The van der Waals surface area contributed by atoms with Crippen molar-refractivity contribution in [3.05, 3.63) is 83.9 Å². The van der Waals surface area contributed by atoms with Crippen LogP contribution in [0.4, 0.5) is 0 Å². The van der Waals surface area contributed by atoms with E-state index in [1.807, 2.05) is 31.2 Å². The lowest BCUT2D eigenvalue weighted by atomic mass is 10.0. The number of ether oxygens (including phenoxy) is 2. The maximum atomic E-state index is 11.4. The first-order valence-corrected chi connectivity index (χ1v) is 12.6. The molecule has 5 nitrogen and oxygen atoms in total. The summed E-state index contributed by atoms with van der Waals surface area (Å²) >= 11 is 0. The highest BCUT2D eigenvalue weighted by Crippen LogP contribution is 2.36. The van der Waals surface area contributed by atoms with Crippen molar-refractivity contribution in [3.8, 4) is 39.8 Å². The Morgan fingerprint density at radius 1 is 0.778 bits per heavy atom. The van der Waals surface area contributed by atoms with Crippen molar-refractivity contribution in [2.75, 3.05) is 13.2 Å². The van der Waals surface area contributed by atoms with E-state index in [2.05, 4.69) is 62.4 Å². The molecule has 0 radical (unpaired) electrons. The lowest BCUT2D eigenvalue weighted by Gasteiger charge is -2.06. The van der Waals surface area contributed by atoms with Gasteiger partial charge in [-0.25, -0.2) is 4.98 Å². The van der Waals surface area contributed by atoms with Crippen LogP contribution < -0.4 is 4.74 Å². The Balaban J connectivity index is 1.44. The third-order valence-electron chi connectivity index (χ3n) is 5.97. The van der Waals surface area contributed by atoms with Gasteiger partial charge in [0.15, 0.2) is 5.76 Å². The van der Waals surface area contributed by atoms with E-state index in [0.29, 0.717) is 25.5 Å². The molecule has 186 valence electrons. The lowest BCUT2D eigenvalue weighted by Crippen LogP contribution is -2.04. The number of carbonyl (C=O) groups is 1. The highest BCUT2D eigenvalue weighted by atomic mass is 16.5. The second-order valence-corrected chi connectivity index (χ2v) is 8.92. The zero-order valence-corrected chi connectivity index (χ0v) is 21.3. The number of hydrogen-bond donors (Lipinski definition) is 0. The second kappa shape index (κ2) is 12.2. The van der Waals surface area contributed by atoms with Gasteiger partial charge in [-0.3, -0.25) is 4.79 Å². The van der Waals surface area contributed by atoms with E-state index in [0.717, 1.165) is 53.2 Å². The minimum Gasteiger partial charge on any atom is -0.494 e. The number of carbonyl (C=O) groups excluding carboxylic acids is 1. The van der Waals surface area contributed by atoms with Crippen LogP contribution in [0.1, 0.15) is 43.7 Å². The zero-order chi connectivity index (χ0) is 25.3. The van der Waals surface area contributed by atoms with Gasteiger partial charge in [0, 0.05) is 23.1 Å². The molecule has 0 aliphatic carbocycles. The van der Waals surface area contributed by atoms with E-state index >= 15 is 0 Å². The Bertz CT molecular complexity index is 1190. The molecule has 0 aliphatic heterocycles. The fourth-order valence-corrected chi connectivity index (χ4v) is 3.92. The highest BCUT2D eigenvalue weighted by Gasteiger charge is 2.18. The van der Waals surface area contributed by atoms with Gasteiger partial charge in [0.25, 0.3) is 0 Å². The maximum absolute atomic E-state index is 11.4. The van der Waals surface area contributed by atoms with Gasteiger partial charge in [-0.1, -0.05) is 59.7 Å². The van der Waals surface area contributed by atoms with Crippen LogP contribution in [-0.2, 0) is 9.53 Å². The van der Waals surface area contributed by atoms with Gasteiger partial charge in [-0.05, 0) is 64.3 Å². The molecule has 0 aliphatic rings. The summed E-state index contributed by atoms with van der Waals surface area (Å²) in [5.74, 6) is 2.01. The molecule has 4 aromatic rings. The third-order valence-corrected chi connectivity index (χ3v) is 5.97. The Morgan fingerprint density at radius 3 is 2.03 bits per heavy atom. The van der Waals surface area contributed by atoms with Gasteiger partial charge in [-0.15, -0.1) is 0 Å². The molecule has 5 heteroatoms. The molecule has 4 rings (SSSR count). The molecule has 0 fully saturated rings. The van der Waals surface area contributed by atoms with Crippen LogP contribution >= 0.6 is 0 Å². The van der Waals surface area contributed by atoms with Crippen molar-refractivity contribution in [2.45, 2.75) is 46.5 Å². The highest BCUT2D eigenvalue weighted by molar-refractivity contribution is 5.79. The first-order chi connectivity index (χ1) is 17.5. The van der Waals surface area contributed by atoms with Gasteiger partial charge >= 0.3 is 5.97 Å². The molecule has 0 saturated heterocycles. The number of benzene rings is 3. The SMILES string of the molecule is CCOC(=O)CCCCCOc1ccc(-c2nc(-c3ccc(C)cc3)c(-c3ccc(C)cc3)o2)cc1. The molecule has 3 aromatic carbocycles. The number of unbranched alkanes of at least 4 members (excludes halogenated alkanes) is 2. The molecule has 1 heterocycles. The summed E-state index contributed by atoms with van der Waals surface area (Å²) < 4.78 is 17.1. The predicted octanol–water partition coefficient (Wildman–Crippen LogP) is 7.79. The first kappa shape index (κ1) is 25.2. The van der Waals surface area contributed by atoms with E-state index in [4.69, 9.17) is 18.9 Å². The molecule has 0 unspecified atom stereocenters. The van der Waals surface area contributed by atoms with Gasteiger partial charge < -0.3 is 13.9 Å². The Kier molecular flexibility index (Phi) is 8.56. The molecule has 36 heavy (non-hydrogen) atoms. The standard InChI is InChI=1S/C31H33NO4/c1-4-34-28(33)8-6-5-7-21-35-27-19-17-26(18-20-27)31-32-29(24-13-9-22(2)10-14-24)30(36-31)25-15-11-23(3)12-16-25/h9-20H,4-8,21H2,1-3H3. The summed E-state index contributed by atoms with van der Waals surface area (Å²) in [6, 6.07) is 24.5. The Morgan fingerprint density at radius 2 is 1.39 bits per heavy atom. The van der Waals surface area contributed by atoms with E-state index in [9.17, 15) is 4.79 Å². The second-order valence-electron chi connectivity index (χ2n) is 8.92. The normalized spacial score (nSPS) is 10.9. The number of aryl methyl sites for hydroxylation is 2. The van der Waals surface area contributed by atoms with Crippen molar-refractivity contribution in [1.29, 1.82) is 0 Å². The van der Waals surface area contributed by atoms with Crippen molar-refractivity contribution in [1.82, 2.24) is 4.98 Å². The zero-order valence-electron chi connectivity index (χ0n) is 21.3. The van der Waals surface area contributed by atoms with Crippen molar-refractivity contribution in [2.24, 2.45) is 0 Å². The summed E-state index contributed by atoms with van der Waals surface area (Å²) in [5.41, 5.74) is 6.14. The summed E-state index contributed by atoms with van der Waals surface area (Å²) in [6.07, 6.45) is 3.10. The number of nitrogens with zero attached hydrogens (tertiary/aromatic N) is 1. The number of esters is 1. The molecule has 1 aromatic heterocycles. The fraction of sp³-hybridized carbons (Fsp3) is 0.290. The third kappa shape index (κ3) is 6.63. The number of rotatable bonds is 11. The molecule has 0 bridgehead atoms. The average molecular weight is 484 g/mol. The largest absolute Gasteiger partial charge is 0.494 e. The van der Waals surface area contributed by atoms with Gasteiger partial charge in [-0.2, -0.15) is 0 Å². The Labute approximate surface area is 213 Å². The van der Waals surface area contributed by atoms with Crippen molar-refractivity contribution in [3.63, 3.8) is 0 Å². The molecule has 0 atom stereocenters.